The summed E-state index contributed by atoms with van der Waals surface area (Å²) in [6.07, 6.45) is 5.65. The topological polar surface area (TPSA) is 109 Å². The standard InChI is InChI=1S/C25H27N3O5/c1-32-19-5-6-23-21(13-19)20(8-10-26-23)24(29)7-4-17-9-12-28(14-22(17)25(30)31)11-2-3-18-15-33-16-27-18/h5-6,8,10,13,15-17,22,24,29H,4,7,9,11-12,14H2,1H3,(H,30,31)/t17-,22+,24+/m1/s1. The first-order valence-electron chi connectivity index (χ1n) is 11.0. The Morgan fingerprint density at radius 3 is 3.00 bits per heavy atom. The number of carboxylic acids is 1. The van der Waals surface area contributed by atoms with E-state index in [1.165, 1.54) is 12.7 Å². The molecule has 0 bridgehead atoms. The first-order valence-corrected chi connectivity index (χ1v) is 11.0. The molecular weight excluding hydrogens is 422 g/mol. The van der Waals surface area contributed by atoms with Crippen LogP contribution in [-0.4, -0.2) is 57.8 Å². The highest BCUT2D eigenvalue weighted by atomic mass is 16.5. The van der Waals surface area contributed by atoms with Crippen LogP contribution in [0.3, 0.4) is 0 Å². The van der Waals surface area contributed by atoms with Crippen molar-refractivity contribution in [1.82, 2.24) is 14.9 Å². The van der Waals surface area contributed by atoms with E-state index < -0.39 is 18.0 Å². The highest BCUT2D eigenvalue weighted by Gasteiger charge is 2.34. The van der Waals surface area contributed by atoms with Crippen LogP contribution in [0.25, 0.3) is 10.9 Å². The molecule has 33 heavy (non-hydrogen) atoms. The summed E-state index contributed by atoms with van der Waals surface area (Å²) in [7, 11) is 1.60. The monoisotopic (exact) mass is 449 g/mol. The highest BCUT2D eigenvalue weighted by Crippen LogP contribution is 2.33. The number of fused-ring (bicyclic) bond motifs is 1. The van der Waals surface area contributed by atoms with Crippen molar-refractivity contribution in [2.45, 2.75) is 25.4 Å². The van der Waals surface area contributed by atoms with Crippen LogP contribution in [0.2, 0.25) is 0 Å². The maximum Gasteiger partial charge on any atom is 0.308 e. The van der Waals surface area contributed by atoms with E-state index in [1.54, 1.807) is 13.3 Å². The number of pyridine rings is 1. The molecule has 0 amide bonds. The van der Waals surface area contributed by atoms with Gasteiger partial charge >= 0.3 is 5.97 Å². The van der Waals surface area contributed by atoms with E-state index in [2.05, 4.69) is 26.7 Å². The van der Waals surface area contributed by atoms with Gasteiger partial charge in [-0.3, -0.25) is 14.7 Å². The van der Waals surface area contributed by atoms with Crippen LogP contribution < -0.4 is 4.74 Å². The lowest BCUT2D eigenvalue weighted by molar-refractivity contribution is -0.146. The maximum atomic E-state index is 12.0. The first-order chi connectivity index (χ1) is 16.0. The fourth-order valence-corrected chi connectivity index (χ4v) is 4.44. The van der Waals surface area contributed by atoms with Crippen molar-refractivity contribution < 1.29 is 24.2 Å². The number of carboxylic acid groups (broad SMARTS) is 1. The average Bonchev–Trinajstić information content (AvgIpc) is 3.35. The van der Waals surface area contributed by atoms with Crippen LogP contribution in [0.15, 0.2) is 47.5 Å². The largest absolute Gasteiger partial charge is 0.497 e. The van der Waals surface area contributed by atoms with Crippen molar-refractivity contribution >= 4 is 16.9 Å². The normalized spacial score (nSPS) is 19.6. The summed E-state index contributed by atoms with van der Waals surface area (Å²) in [5.74, 6) is 5.36. The van der Waals surface area contributed by atoms with Crippen molar-refractivity contribution in [3.05, 3.63) is 54.4 Å². The molecule has 1 saturated heterocycles. The molecule has 3 aromatic rings. The number of benzene rings is 1. The number of piperidine rings is 1. The number of carbonyl (C=O) groups is 1. The summed E-state index contributed by atoms with van der Waals surface area (Å²) in [6.45, 7) is 1.70. The molecule has 0 aliphatic carbocycles. The lowest BCUT2D eigenvalue weighted by atomic mass is 9.81. The summed E-state index contributed by atoms with van der Waals surface area (Å²) >= 11 is 0. The number of aliphatic carboxylic acids is 1. The Morgan fingerprint density at radius 2 is 2.24 bits per heavy atom. The number of ether oxygens (including phenoxy) is 1. The van der Waals surface area contributed by atoms with Gasteiger partial charge in [0.1, 0.15) is 12.0 Å². The van der Waals surface area contributed by atoms with Crippen molar-refractivity contribution in [3.8, 4) is 17.6 Å². The fraction of sp³-hybridized carbons (Fsp3) is 0.400. The third-order valence-electron chi connectivity index (χ3n) is 6.26. The Balaban J connectivity index is 1.38. The van der Waals surface area contributed by atoms with Gasteiger partial charge in [-0.05, 0) is 67.5 Å². The highest BCUT2D eigenvalue weighted by molar-refractivity contribution is 5.83. The predicted octanol–water partition coefficient (Wildman–Crippen LogP) is 3.12. The van der Waals surface area contributed by atoms with E-state index >= 15 is 0 Å². The molecule has 8 heteroatoms. The molecule has 8 nitrogen and oxygen atoms in total. The predicted molar refractivity (Wildman–Crippen MR) is 122 cm³/mol. The molecule has 172 valence electrons. The summed E-state index contributed by atoms with van der Waals surface area (Å²) in [5.41, 5.74) is 2.14. The van der Waals surface area contributed by atoms with Gasteiger partial charge in [-0.25, -0.2) is 4.98 Å². The van der Waals surface area contributed by atoms with Crippen LogP contribution >= 0.6 is 0 Å². The molecule has 1 fully saturated rings. The number of likely N-dealkylation sites (tertiary alicyclic amines) is 1. The Labute approximate surface area is 192 Å². The zero-order chi connectivity index (χ0) is 23.2. The van der Waals surface area contributed by atoms with Crippen molar-refractivity contribution in [2.75, 3.05) is 26.7 Å². The quantitative estimate of drug-likeness (QED) is 0.530. The molecule has 1 aliphatic rings. The smallest absolute Gasteiger partial charge is 0.308 e. The first kappa shape index (κ1) is 22.8. The third-order valence-corrected chi connectivity index (χ3v) is 6.26. The Hall–Kier alpha value is -3.41. The van der Waals surface area contributed by atoms with Crippen LogP contribution in [0.1, 0.15) is 36.6 Å². The molecule has 2 aromatic heterocycles. The second-order valence-electron chi connectivity index (χ2n) is 8.28. The minimum atomic E-state index is -0.803. The fourth-order valence-electron chi connectivity index (χ4n) is 4.44. The van der Waals surface area contributed by atoms with Crippen LogP contribution in [-0.2, 0) is 4.79 Å². The summed E-state index contributed by atoms with van der Waals surface area (Å²) in [5, 5.41) is 21.6. The number of oxazole rings is 1. The molecule has 0 saturated carbocycles. The van der Waals surface area contributed by atoms with E-state index in [-0.39, 0.29) is 5.92 Å². The lowest BCUT2D eigenvalue weighted by Gasteiger charge is -2.36. The second kappa shape index (κ2) is 10.5. The van der Waals surface area contributed by atoms with E-state index in [4.69, 9.17) is 9.15 Å². The minimum Gasteiger partial charge on any atom is -0.497 e. The summed E-state index contributed by atoms with van der Waals surface area (Å²) in [4.78, 5) is 22.3. The molecule has 0 radical (unpaired) electrons. The zero-order valence-electron chi connectivity index (χ0n) is 18.5. The van der Waals surface area contributed by atoms with Gasteiger partial charge in [-0.15, -0.1) is 0 Å². The number of methoxy groups -OCH3 is 1. The number of aliphatic hydroxyl groups excluding tert-OH is 1. The minimum absolute atomic E-state index is 0.000429. The van der Waals surface area contributed by atoms with Crippen LogP contribution in [0, 0.1) is 23.7 Å². The molecule has 2 N–H and O–H groups in total. The van der Waals surface area contributed by atoms with Crippen LogP contribution in [0.5, 0.6) is 5.75 Å². The number of aromatic nitrogens is 2. The molecule has 4 rings (SSSR count). The van der Waals surface area contributed by atoms with Gasteiger partial charge in [0.15, 0.2) is 12.1 Å². The number of rotatable bonds is 7. The SMILES string of the molecule is COc1ccc2nccc([C@@H](O)CC[C@@H]3CCN(CC#Cc4cocn4)C[C@@H]3C(=O)O)c2c1. The van der Waals surface area contributed by atoms with Gasteiger partial charge in [0.2, 0.25) is 0 Å². The van der Waals surface area contributed by atoms with Crippen LogP contribution in [0.4, 0.5) is 0 Å². The van der Waals surface area contributed by atoms with Gasteiger partial charge in [-0.2, -0.15) is 0 Å². The molecule has 1 aromatic carbocycles. The molecule has 3 atom stereocenters. The Morgan fingerprint density at radius 1 is 1.36 bits per heavy atom. The van der Waals surface area contributed by atoms with Gasteiger partial charge in [0.05, 0.1) is 31.2 Å². The second-order valence-corrected chi connectivity index (χ2v) is 8.28. The van der Waals surface area contributed by atoms with Gasteiger partial charge in [0.25, 0.3) is 0 Å². The Kier molecular flexibility index (Phi) is 7.23. The molecule has 0 spiro atoms. The summed E-state index contributed by atoms with van der Waals surface area (Å²) < 4.78 is 10.2. The number of aliphatic hydroxyl groups is 1. The van der Waals surface area contributed by atoms with E-state index in [0.29, 0.717) is 37.4 Å². The van der Waals surface area contributed by atoms with E-state index in [9.17, 15) is 15.0 Å². The average molecular weight is 450 g/mol. The third kappa shape index (κ3) is 5.51. The lowest BCUT2D eigenvalue weighted by Crippen LogP contribution is -2.44. The van der Waals surface area contributed by atoms with Gasteiger partial charge in [-0.1, -0.05) is 5.92 Å². The molecule has 3 heterocycles. The number of hydrogen-bond donors (Lipinski definition) is 2. The zero-order valence-corrected chi connectivity index (χ0v) is 18.5. The Bertz CT molecular complexity index is 1150. The molecular formula is C25H27N3O5. The van der Waals surface area contributed by atoms with E-state index in [1.807, 2.05) is 24.3 Å². The van der Waals surface area contributed by atoms with E-state index in [0.717, 1.165) is 29.4 Å². The van der Waals surface area contributed by atoms with Crippen molar-refractivity contribution in [1.29, 1.82) is 0 Å². The molecule has 0 unspecified atom stereocenters. The van der Waals surface area contributed by atoms with Gasteiger partial charge in [0, 0.05) is 18.1 Å². The summed E-state index contributed by atoms with van der Waals surface area (Å²) in [6, 6.07) is 7.40. The van der Waals surface area contributed by atoms with Crippen molar-refractivity contribution in [2.24, 2.45) is 11.8 Å². The number of hydrogen-bond acceptors (Lipinski definition) is 7. The van der Waals surface area contributed by atoms with Gasteiger partial charge < -0.3 is 19.4 Å². The van der Waals surface area contributed by atoms with Crippen molar-refractivity contribution in [3.63, 3.8) is 0 Å². The maximum absolute atomic E-state index is 12.0. The molecule has 1 aliphatic heterocycles. The number of nitrogens with zero attached hydrogens (tertiary/aromatic N) is 3.